The smallest absolute Gasteiger partial charge is 0.349 e. The van der Waals surface area contributed by atoms with Crippen LogP contribution in [0.2, 0.25) is 0 Å². The van der Waals surface area contributed by atoms with Gasteiger partial charge in [-0.05, 0) is 25.1 Å². The summed E-state index contributed by atoms with van der Waals surface area (Å²) in [6.45, 7) is 1.82. The van der Waals surface area contributed by atoms with E-state index in [1.807, 2.05) is 0 Å². The summed E-state index contributed by atoms with van der Waals surface area (Å²) in [5.74, 6) is 2.52. The predicted octanol–water partition coefficient (Wildman–Crippen LogP) is 2.27. The summed E-state index contributed by atoms with van der Waals surface area (Å²) in [4.78, 5) is 16.7. The van der Waals surface area contributed by atoms with E-state index >= 15 is 0 Å². The second-order valence-corrected chi connectivity index (χ2v) is 4.68. The minimum absolute atomic E-state index is 0.0891. The first-order valence-electron chi connectivity index (χ1n) is 6.88. The number of carbonyl (C=O) groups is 1. The number of ether oxygens (including phenoxy) is 2. The van der Waals surface area contributed by atoms with Crippen molar-refractivity contribution in [3.05, 3.63) is 54.0 Å². The molecule has 114 valence electrons. The lowest BCUT2D eigenvalue weighted by molar-refractivity contribution is 0.0730. The number of rotatable bonds is 4. The molecule has 3 aromatic rings. The van der Waals surface area contributed by atoms with Crippen LogP contribution < -0.4 is 9.47 Å². The molecule has 0 bridgehead atoms. The first-order valence-corrected chi connectivity index (χ1v) is 6.88. The Kier molecular flexibility index (Phi) is 3.93. The van der Waals surface area contributed by atoms with E-state index in [4.69, 9.17) is 15.9 Å². The van der Waals surface area contributed by atoms with E-state index < -0.39 is 5.97 Å². The van der Waals surface area contributed by atoms with Crippen LogP contribution in [0.15, 0.2) is 42.7 Å². The maximum atomic E-state index is 12.5. The SMILES string of the molecule is C#CCOc1ccccc1OC(=O)c1c(C)nn2cccnc12. The van der Waals surface area contributed by atoms with Gasteiger partial charge < -0.3 is 9.47 Å². The summed E-state index contributed by atoms with van der Waals surface area (Å²) in [7, 11) is 0. The molecule has 2 aromatic heterocycles. The Morgan fingerprint density at radius 2 is 2.09 bits per heavy atom. The molecule has 0 saturated carbocycles. The van der Waals surface area contributed by atoms with Crippen molar-refractivity contribution in [2.24, 2.45) is 0 Å². The van der Waals surface area contributed by atoms with Gasteiger partial charge in [-0.3, -0.25) is 0 Å². The standard InChI is InChI=1S/C17H13N3O3/c1-3-11-22-13-7-4-5-8-14(13)23-17(21)15-12(2)19-20-10-6-9-18-16(15)20/h1,4-10H,11H2,2H3. The van der Waals surface area contributed by atoms with Gasteiger partial charge in [-0.15, -0.1) is 6.42 Å². The number of carbonyl (C=O) groups excluding carboxylic acids is 1. The molecule has 23 heavy (non-hydrogen) atoms. The number of aryl methyl sites for hydroxylation is 1. The van der Waals surface area contributed by atoms with Crippen LogP contribution in [0.25, 0.3) is 5.65 Å². The fourth-order valence-corrected chi connectivity index (χ4v) is 2.16. The fourth-order valence-electron chi connectivity index (χ4n) is 2.16. The van der Waals surface area contributed by atoms with Gasteiger partial charge in [-0.1, -0.05) is 18.1 Å². The van der Waals surface area contributed by atoms with Crippen LogP contribution >= 0.6 is 0 Å². The lowest BCUT2D eigenvalue weighted by Crippen LogP contribution is -2.11. The molecule has 0 aliphatic rings. The first kappa shape index (κ1) is 14.6. The summed E-state index contributed by atoms with van der Waals surface area (Å²) in [5.41, 5.74) is 1.30. The average Bonchev–Trinajstić information content (AvgIpc) is 2.89. The minimum Gasteiger partial charge on any atom is -0.477 e. The molecule has 0 saturated heterocycles. The van der Waals surface area contributed by atoms with Gasteiger partial charge in [0.1, 0.15) is 12.2 Å². The number of hydrogen-bond acceptors (Lipinski definition) is 5. The Bertz CT molecular complexity index is 909. The quantitative estimate of drug-likeness (QED) is 0.420. The van der Waals surface area contributed by atoms with Crippen molar-refractivity contribution in [3.8, 4) is 23.8 Å². The zero-order chi connectivity index (χ0) is 16.2. The highest BCUT2D eigenvalue weighted by Crippen LogP contribution is 2.28. The molecule has 0 radical (unpaired) electrons. The number of aromatic nitrogens is 3. The number of nitrogens with zero attached hydrogens (tertiary/aromatic N) is 3. The molecular weight excluding hydrogens is 294 g/mol. The van der Waals surface area contributed by atoms with Gasteiger partial charge in [0.05, 0.1) is 5.69 Å². The van der Waals surface area contributed by atoms with E-state index in [1.54, 1.807) is 49.6 Å². The van der Waals surface area contributed by atoms with E-state index in [-0.39, 0.29) is 6.61 Å². The van der Waals surface area contributed by atoms with Crippen LogP contribution in [0.1, 0.15) is 16.1 Å². The van der Waals surface area contributed by atoms with Crippen LogP contribution in [-0.4, -0.2) is 27.2 Å². The highest BCUT2D eigenvalue weighted by atomic mass is 16.6. The number of para-hydroxylation sites is 2. The molecule has 0 fully saturated rings. The number of esters is 1. The molecule has 0 atom stereocenters. The molecule has 0 N–H and O–H groups in total. The van der Waals surface area contributed by atoms with Gasteiger partial charge in [0.15, 0.2) is 17.1 Å². The van der Waals surface area contributed by atoms with Crippen LogP contribution in [0.4, 0.5) is 0 Å². The van der Waals surface area contributed by atoms with Gasteiger partial charge in [0.2, 0.25) is 0 Å². The van der Waals surface area contributed by atoms with Gasteiger partial charge in [0, 0.05) is 12.4 Å². The van der Waals surface area contributed by atoms with E-state index in [0.29, 0.717) is 28.4 Å². The third-order valence-corrected chi connectivity index (χ3v) is 3.14. The normalized spacial score (nSPS) is 10.3. The molecular formula is C17H13N3O3. The monoisotopic (exact) mass is 307 g/mol. The molecule has 0 amide bonds. The van der Waals surface area contributed by atoms with E-state index in [1.165, 1.54) is 4.52 Å². The summed E-state index contributed by atoms with van der Waals surface area (Å²) >= 11 is 0. The fraction of sp³-hybridized carbons (Fsp3) is 0.118. The first-order chi connectivity index (χ1) is 11.2. The molecule has 0 aliphatic heterocycles. The van der Waals surface area contributed by atoms with E-state index in [2.05, 4.69) is 16.0 Å². The van der Waals surface area contributed by atoms with Crippen molar-refractivity contribution in [3.63, 3.8) is 0 Å². The highest BCUT2D eigenvalue weighted by Gasteiger charge is 2.21. The number of fused-ring (bicyclic) bond motifs is 1. The third kappa shape index (κ3) is 2.85. The summed E-state index contributed by atoms with van der Waals surface area (Å²) in [6, 6.07) is 8.56. The molecule has 2 heterocycles. The molecule has 0 spiro atoms. The maximum absolute atomic E-state index is 12.5. The van der Waals surface area contributed by atoms with Gasteiger partial charge in [-0.25, -0.2) is 14.3 Å². The summed E-state index contributed by atoms with van der Waals surface area (Å²) in [6.07, 6.45) is 8.50. The van der Waals surface area contributed by atoms with Crippen molar-refractivity contribution in [2.75, 3.05) is 6.61 Å². The average molecular weight is 307 g/mol. The van der Waals surface area contributed by atoms with Crippen LogP contribution in [0.3, 0.4) is 0 Å². The van der Waals surface area contributed by atoms with Gasteiger partial charge in [-0.2, -0.15) is 5.10 Å². The van der Waals surface area contributed by atoms with Crippen molar-refractivity contribution in [1.82, 2.24) is 14.6 Å². The van der Waals surface area contributed by atoms with Gasteiger partial charge >= 0.3 is 5.97 Å². The summed E-state index contributed by atoms with van der Waals surface area (Å²) < 4.78 is 12.4. The number of hydrogen-bond donors (Lipinski definition) is 0. The molecule has 6 nitrogen and oxygen atoms in total. The highest BCUT2D eigenvalue weighted by molar-refractivity contribution is 5.98. The Labute approximate surface area is 132 Å². The Morgan fingerprint density at radius 1 is 1.30 bits per heavy atom. The molecule has 6 heteroatoms. The number of benzene rings is 1. The molecule has 3 rings (SSSR count). The lowest BCUT2D eigenvalue weighted by atomic mass is 10.2. The van der Waals surface area contributed by atoms with Crippen LogP contribution in [0, 0.1) is 19.3 Å². The third-order valence-electron chi connectivity index (χ3n) is 3.14. The van der Waals surface area contributed by atoms with Crippen molar-refractivity contribution in [1.29, 1.82) is 0 Å². The van der Waals surface area contributed by atoms with Crippen molar-refractivity contribution < 1.29 is 14.3 Å². The Hall–Kier alpha value is -3.33. The maximum Gasteiger partial charge on any atom is 0.349 e. The topological polar surface area (TPSA) is 65.7 Å². The van der Waals surface area contributed by atoms with Crippen molar-refractivity contribution in [2.45, 2.75) is 6.92 Å². The number of terminal acetylenes is 1. The van der Waals surface area contributed by atoms with Crippen LogP contribution in [-0.2, 0) is 0 Å². The largest absolute Gasteiger partial charge is 0.477 e. The molecule has 1 aromatic carbocycles. The van der Waals surface area contributed by atoms with Gasteiger partial charge in [0.25, 0.3) is 0 Å². The minimum atomic E-state index is -0.548. The zero-order valence-corrected chi connectivity index (χ0v) is 12.4. The second kappa shape index (κ2) is 6.20. The Balaban J connectivity index is 1.93. The van der Waals surface area contributed by atoms with Crippen molar-refractivity contribution >= 4 is 11.6 Å². The molecule has 0 aliphatic carbocycles. The second-order valence-electron chi connectivity index (χ2n) is 4.68. The van der Waals surface area contributed by atoms with Crippen LogP contribution in [0.5, 0.6) is 11.5 Å². The predicted molar refractivity (Wildman–Crippen MR) is 83.5 cm³/mol. The summed E-state index contributed by atoms with van der Waals surface area (Å²) in [5, 5.41) is 4.24. The van der Waals surface area contributed by atoms with E-state index in [9.17, 15) is 4.79 Å². The zero-order valence-electron chi connectivity index (χ0n) is 12.4. The lowest BCUT2D eigenvalue weighted by Gasteiger charge is -2.09. The molecule has 0 unspecified atom stereocenters. The Morgan fingerprint density at radius 3 is 2.87 bits per heavy atom. The van der Waals surface area contributed by atoms with E-state index in [0.717, 1.165) is 0 Å².